The summed E-state index contributed by atoms with van der Waals surface area (Å²) in [6.45, 7) is 3.75. The van der Waals surface area contributed by atoms with Crippen molar-refractivity contribution in [3.63, 3.8) is 0 Å². The van der Waals surface area contributed by atoms with Gasteiger partial charge >= 0.3 is 0 Å². The number of β-amino-alcohol motifs (C(OH)–C–C–N with tert-alkyl or cyclic N) is 1. The molecule has 30 heavy (non-hydrogen) atoms. The van der Waals surface area contributed by atoms with Crippen molar-refractivity contribution in [2.24, 2.45) is 0 Å². The minimum Gasteiger partial charge on any atom is -0.389 e. The van der Waals surface area contributed by atoms with E-state index in [4.69, 9.17) is 21.1 Å². The van der Waals surface area contributed by atoms with Gasteiger partial charge in [-0.05, 0) is 49.8 Å². The van der Waals surface area contributed by atoms with Crippen molar-refractivity contribution < 1.29 is 19.4 Å². The zero-order valence-corrected chi connectivity index (χ0v) is 18.3. The van der Waals surface area contributed by atoms with Gasteiger partial charge in [-0.3, -0.25) is 9.69 Å². The second-order valence-electron chi connectivity index (χ2n) is 8.84. The van der Waals surface area contributed by atoms with Gasteiger partial charge in [0, 0.05) is 37.2 Å². The monoisotopic (exact) mass is 436 g/mol. The lowest BCUT2D eigenvalue weighted by molar-refractivity contribution is -0.161. The molecule has 4 rings (SSSR count). The molecular formula is C23H33ClN2O4. The highest BCUT2D eigenvalue weighted by atomic mass is 35.5. The molecule has 1 aromatic carbocycles. The van der Waals surface area contributed by atoms with Crippen LogP contribution < -0.4 is 0 Å². The van der Waals surface area contributed by atoms with E-state index < -0.39 is 6.10 Å². The Morgan fingerprint density at radius 1 is 1.17 bits per heavy atom. The molecule has 0 radical (unpaired) electrons. The number of benzene rings is 1. The minimum absolute atomic E-state index is 0.0540. The van der Waals surface area contributed by atoms with Crippen LogP contribution in [-0.4, -0.2) is 78.0 Å². The van der Waals surface area contributed by atoms with Gasteiger partial charge in [-0.2, -0.15) is 0 Å². The molecule has 3 aliphatic heterocycles. The molecule has 0 saturated carbocycles. The highest BCUT2D eigenvalue weighted by molar-refractivity contribution is 6.30. The maximum atomic E-state index is 12.7. The summed E-state index contributed by atoms with van der Waals surface area (Å²) < 4.78 is 12.1. The van der Waals surface area contributed by atoms with Crippen molar-refractivity contribution in [1.29, 1.82) is 0 Å². The fourth-order valence-corrected chi connectivity index (χ4v) is 5.18. The number of likely N-dealkylation sites (tertiary alicyclic amines) is 1. The number of carbonyl (C=O) groups is 1. The van der Waals surface area contributed by atoms with Crippen LogP contribution in [-0.2, 0) is 20.8 Å². The Morgan fingerprint density at radius 3 is 2.80 bits per heavy atom. The third-order valence-corrected chi connectivity index (χ3v) is 6.71. The normalized spacial score (nSPS) is 30.9. The van der Waals surface area contributed by atoms with Crippen LogP contribution in [0.1, 0.15) is 44.1 Å². The van der Waals surface area contributed by atoms with Crippen LogP contribution in [0.4, 0.5) is 0 Å². The zero-order valence-electron chi connectivity index (χ0n) is 17.5. The molecule has 0 bridgehead atoms. The van der Waals surface area contributed by atoms with Crippen LogP contribution in [0.5, 0.6) is 0 Å². The topological polar surface area (TPSA) is 62.2 Å². The van der Waals surface area contributed by atoms with Gasteiger partial charge in [-0.25, -0.2) is 0 Å². The Morgan fingerprint density at radius 2 is 2.00 bits per heavy atom. The predicted octanol–water partition coefficient (Wildman–Crippen LogP) is 2.85. The largest absolute Gasteiger partial charge is 0.389 e. The lowest BCUT2D eigenvalue weighted by atomic mass is 9.94. The van der Waals surface area contributed by atoms with Crippen LogP contribution in [0.25, 0.3) is 0 Å². The third kappa shape index (κ3) is 5.74. The molecule has 3 heterocycles. The lowest BCUT2D eigenvalue weighted by Crippen LogP contribution is -2.55. The van der Waals surface area contributed by atoms with Crippen LogP contribution in [0.2, 0.25) is 5.02 Å². The number of nitrogens with zero attached hydrogens (tertiary/aromatic N) is 2. The molecule has 1 N–H and O–H groups in total. The fourth-order valence-electron chi connectivity index (χ4n) is 4.96. The summed E-state index contributed by atoms with van der Waals surface area (Å²) in [7, 11) is 0. The summed E-state index contributed by atoms with van der Waals surface area (Å²) in [4.78, 5) is 17.0. The minimum atomic E-state index is -0.525. The molecule has 166 valence electrons. The molecule has 6 nitrogen and oxygen atoms in total. The van der Waals surface area contributed by atoms with Crippen molar-refractivity contribution in [2.45, 2.75) is 69.4 Å². The zero-order chi connectivity index (χ0) is 20.9. The van der Waals surface area contributed by atoms with Gasteiger partial charge in [0.25, 0.3) is 0 Å². The second-order valence-corrected chi connectivity index (χ2v) is 9.27. The Hall–Kier alpha value is -1.18. The SMILES string of the molecule is O=C(C[C@H]1CC[C@@H]2[C@H](COC[C@H](O)CN2Cc2cccc(Cl)c2)O1)N1CCCCC1. The molecule has 3 saturated heterocycles. The smallest absolute Gasteiger partial charge is 0.225 e. The number of rotatable bonds is 4. The third-order valence-electron chi connectivity index (χ3n) is 6.47. The number of hydrogen-bond acceptors (Lipinski definition) is 5. The summed E-state index contributed by atoms with van der Waals surface area (Å²) in [5, 5.41) is 11.1. The summed E-state index contributed by atoms with van der Waals surface area (Å²) in [5.74, 6) is 0.219. The Bertz CT molecular complexity index is 712. The summed E-state index contributed by atoms with van der Waals surface area (Å²) in [6, 6.07) is 8.02. The van der Waals surface area contributed by atoms with Crippen molar-refractivity contribution in [3.05, 3.63) is 34.9 Å². The quantitative estimate of drug-likeness (QED) is 0.786. The van der Waals surface area contributed by atoms with Crippen LogP contribution >= 0.6 is 11.6 Å². The molecule has 0 spiro atoms. The van der Waals surface area contributed by atoms with E-state index in [1.54, 1.807) is 0 Å². The molecule has 0 aromatic heterocycles. The Balaban J connectivity index is 1.40. The highest BCUT2D eigenvalue weighted by Gasteiger charge is 2.38. The van der Waals surface area contributed by atoms with Gasteiger partial charge in [0.2, 0.25) is 5.91 Å². The summed E-state index contributed by atoms with van der Waals surface area (Å²) >= 11 is 6.17. The van der Waals surface area contributed by atoms with E-state index in [9.17, 15) is 9.90 Å². The molecule has 0 unspecified atom stereocenters. The van der Waals surface area contributed by atoms with Gasteiger partial charge in [-0.1, -0.05) is 23.7 Å². The summed E-state index contributed by atoms with van der Waals surface area (Å²) in [5.41, 5.74) is 1.12. The average molecular weight is 437 g/mol. The van der Waals surface area contributed by atoms with E-state index in [1.165, 1.54) is 6.42 Å². The number of carbonyl (C=O) groups excluding carboxylic acids is 1. The molecular weight excluding hydrogens is 404 g/mol. The van der Waals surface area contributed by atoms with Gasteiger partial charge < -0.3 is 19.5 Å². The van der Waals surface area contributed by atoms with Crippen LogP contribution in [0.15, 0.2) is 24.3 Å². The molecule has 1 aromatic rings. The second kappa shape index (κ2) is 10.4. The number of fused-ring (bicyclic) bond motifs is 1. The van der Waals surface area contributed by atoms with Crippen molar-refractivity contribution in [2.75, 3.05) is 32.8 Å². The first-order chi connectivity index (χ1) is 14.6. The summed E-state index contributed by atoms with van der Waals surface area (Å²) in [6.07, 6.45) is 5.00. The number of aliphatic hydroxyl groups excluding tert-OH is 1. The number of amides is 1. The van der Waals surface area contributed by atoms with E-state index in [0.29, 0.717) is 32.7 Å². The van der Waals surface area contributed by atoms with Crippen LogP contribution in [0, 0.1) is 0 Å². The molecule has 1 amide bonds. The van der Waals surface area contributed by atoms with Gasteiger partial charge in [0.1, 0.15) is 0 Å². The lowest BCUT2D eigenvalue weighted by Gasteiger charge is -2.44. The highest BCUT2D eigenvalue weighted by Crippen LogP contribution is 2.29. The van der Waals surface area contributed by atoms with Crippen molar-refractivity contribution in [3.8, 4) is 0 Å². The number of ether oxygens (including phenoxy) is 2. The first-order valence-electron chi connectivity index (χ1n) is 11.3. The fraction of sp³-hybridized carbons (Fsp3) is 0.696. The average Bonchev–Trinajstić information content (AvgIpc) is 2.73. The van der Waals surface area contributed by atoms with E-state index in [0.717, 1.165) is 49.4 Å². The first kappa shape index (κ1) is 22.0. The molecule has 7 heteroatoms. The maximum absolute atomic E-state index is 12.7. The molecule has 0 aliphatic carbocycles. The number of piperidine rings is 1. The molecule has 3 aliphatic rings. The number of hydrogen-bond donors (Lipinski definition) is 1. The molecule has 3 fully saturated rings. The maximum Gasteiger partial charge on any atom is 0.225 e. The van der Waals surface area contributed by atoms with Crippen molar-refractivity contribution in [1.82, 2.24) is 9.80 Å². The van der Waals surface area contributed by atoms with Gasteiger partial charge in [0.05, 0.1) is 37.9 Å². The molecule has 4 atom stereocenters. The van der Waals surface area contributed by atoms with Crippen molar-refractivity contribution >= 4 is 17.5 Å². The van der Waals surface area contributed by atoms with E-state index in [1.807, 2.05) is 23.1 Å². The Kier molecular flexibility index (Phi) is 7.65. The number of halogens is 1. The van der Waals surface area contributed by atoms with E-state index >= 15 is 0 Å². The van der Waals surface area contributed by atoms with Crippen LogP contribution in [0.3, 0.4) is 0 Å². The Labute approximate surface area is 184 Å². The predicted molar refractivity (Wildman–Crippen MR) is 115 cm³/mol. The van der Waals surface area contributed by atoms with E-state index in [-0.39, 0.29) is 24.2 Å². The van der Waals surface area contributed by atoms with E-state index in [2.05, 4.69) is 11.0 Å². The standard InChI is InChI=1S/C23H33ClN2O4/c24-18-6-4-5-17(11-18)13-26-14-19(27)15-29-16-22-21(26)8-7-20(30-22)12-23(28)25-9-2-1-3-10-25/h4-6,11,19-22,27H,1-3,7-10,12-16H2/t19-,20-,21-,22+/m1/s1. The first-order valence-corrected chi connectivity index (χ1v) is 11.6. The van der Waals surface area contributed by atoms with Gasteiger partial charge in [0.15, 0.2) is 0 Å². The van der Waals surface area contributed by atoms with Gasteiger partial charge in [-0.15, -0.1) is 0 Å². The number of aliphatic hydroxyl groups is 1.